The van der Waals surface area contributed by atoms with Crippen LogP contribution in [0, 0.1) is 0 Å². The molecule has 4 rings (SSSR count). The largest absolute Gasteiger partial charge is 0.352 e. The zero-order chi connectivity index (χ0) is 18.6. The van der Waals surface area contributed by atoms with E-state index in [4.69, 9.17) is 4.98 Å². The Hall–Kier alpha value is -3.22. The number of fused-ring (bicyclic) bond motifs is 1. The second-order valence-electron chi connectivity index (χ2n) is 6.67. The maximum atomic E-state index is 12.4. The standard InChI is InChI=1S/C20H22N6O/c1-26(13-17-21-11-12-22-17)19-15-9-10-23-20(27)18(15)24-16(25-19)8-7-14-5-3-2-4-6-14/h2-6,11-12H,7-10,13H2,1H3,(H,21,22)(H,23,27). The summed E-state index contributed by atoms with van der Waals surface area (Å²) in [5.41, 5.74) is 2.64. The molecular weight excluding hydrogens is 340 g/mol. The summed E-state index contributed by atoms with van der Waals surface area (Å²) in [4.78, 5) is 31.2. The number of hydrogen-bond acceptors (Lipinski definition) is 5. The van der Waals surface area contributed by atoms with Gasteiger partial charge in [0, 0.05) is 38.0 Å². The molecule has 1 amide bonds. The Morgan fingerprint density at radius 2 is 2.00 bits per heavy atom. The van der Waals surface area contributed by atoms with Gasteiger partial charge in [-0.25, -0.2) is 15.0 Å². The number of aryl methyl sites for hydroxylation is 2. The van der Waals surface area contributed by atoms with Crippen LogP contribution in [0.5, 0.6) is 0 Å². The SMILES string of the molecule is CN(Cc1ncc[nH]1)c1nc(CCc2ccccc2)nc2c1CCNC2=O. The van der Waals surface area contributed by atoms with Crippen molar-refractivity contribution in [3.8, 4) is 0 Å². The van der Waals surface area contributed by atoms with Crippen LogP contribution in [0.15, 0.2) is 42.7 Å². The highest BCUT2D eigenvalue weighted by Gasteiger charge is 2.25. The number of anilines is 1. The molecule has 1 aromatic carbocycles. The van der Waals surface area contributed by atoms with Crippen molar-refractivity contribution in [2.75, 3.05) is 18.5 Å². The summed E-state index contributed by atoms with van der Waals surface area (Å²) in [5, 5.41) is 2.88. The molecule has 0 radical (unpaired) electrons. The molecule has 27 heavy (non-hydrogen) atoms. The Morgan fingerprint density at radius 3 is 2.78 bits per heavy atom. The van der Waals surface area contributed by atoms with E-state index in [-0.39, 0.29) is 5.91 Å². The average Bonchev–Trinajstić information content (AvgIpc) is 3.20. The van der Waals surface area contributed by atoms with Crippen LogP contribution in [-0.4, -0.2) is 39.4 Å². The van der Waals surface area contributed by atoms with Crippen molar-refractivity contribution in [1.82, 2.24) is 25.3 Å². The molecule has 3 heterocycles. The summed E-state index contributed by atoms with van der Waals surface area (Å²) >= 11 is 0. The maximum Gasteiger partial charge on any atom is 0.270 e. The van der Waals surface area contributed by atoms with Gasteiger partial charge in [0.15, 0.2) is 0 Å². The fourth-order valence-electron chi connectivity index (χ4n) is 3.33. The summed E-state index contributed by atoms with van der Waals surface area (Å²) in [7, 11) is 1.97. The van der Waals surface area contributed by atoms with Crippen LogP contribution in [0.4, 0.5) is 5.82 Å². The Balaban J connectivity index is 1.64. The van der Waals surface area contributed by atoms with Gasteiger partial charge in [-0.2, -0.15) is 0 Å². The van der Waals surface area contributed by atoms with Crippen LogP contribution in [-0.2, 0) is 25.8 Å². The molecule has 0 unspecified atom stereocenters. The summed E-state index contributed by atoms with van der Waals surface area (Å²) in [6, 6.07) is 10.2. The number of H-pyrrole nitrogens is 1. The number of rotatable bonds is 6. The highest BCUT2D eigenvalue weighted by atomic mass is 16.1. The van der Waals surface area contributed by atoms with Gasteiger partial charge in [0.25, 0.3) is 5.91 Å². The fraction of sp³-hybridized carbons (Fsp3) is 0.300. The third-order valence-corrected chi connectivity index (χ3v) is 4.69. The van der Waals surface area contributed by atoms with Gasteiger partial charge in [-0.1, -0.05) is 30.3 Å². The van der Waals surface area contributed by atoms with E-state index in [1.54, 1.807) is 12.4 Å². The monoisotopic (exact) mass is 362 g/mol. The Kier molecular flexibility index (Phi) is 4.82. The van der Waals surface area contributed by atoms with Gasteiger partial charge in [0.05, 0.1) is 6.54 Å². The van der Waals surface area contributed by atoms with Crippen molar-refractivity contribution in [1.29, 1.82) is 0 Å². The predicted octanol–water partition coefficient (Wildman–Crippen LogP) is 1.91. The van der Waals surface area contributed by atoms with Crippen molar-refractivity contribution < 1.29 is 4.79 Å². The van der Waals surface area contributed by atoms with E-state index in [1.165, 1.54) is 5.56 Å². The molecule has 0 spiro atoms. The Bertz CT molecular complexity index is 923. The minimum absolute atomic E-state index is 0.118. The lowest BCUT2D eigenvalue weighted by Crippen LogP contribution is -2.35. The number of benzene rings is 1. The lowest BCUT2D eigenvalue weighted by molar-refractivity contribution is 0.0940. The molecule has 0 fully saturated rings. The number of carbonyl (C=O) groups excluding carboxylic acids is 1. The normalized spacial score (nSPS) is 13.1. The molecule has 0 atom stereocenters. The van der Waals surface area contributed by atoms with Gasteiger partial charge in [-0.05, 0) is 18.4 Å². The number of nitrogens with one attached hydrogen (secondary N) is 2. The quantitative estimate of drug-likeness (QED) is 0.699. The average molecular weight is 362 g/mol. The second-order valence-corrected chi connectivity index (χ2v) is 6.67. The molecule has 1 aliphatic heterocycles. The number of aromatic nitrogens is 4. The van der Waals surface area contributed by atoms with Crippen LogP contribution in [0.2, 0.25) is 0 Å². The summed E-state index contributed by atoms with van der Waals surface area (Å²) in [6.07, 6.45) is 5.79. The number of carbonyl (C=O) groups is 1. The topological polar surface area (TPSA) is 86.8 Å². The van der Waals surface area contributed by atoms with Crippen LogP contribution >= 0.6 is 0 Å². The summed E-state index contributed by atoms with van der Waals surface area (Å²) < 4.78 is 0. The number of hydrogen-bond donors (Lipinski definition) is 2. The summed E-state index contributed by atoms with van der Waals surface area (Å²) in [5.74, 6) is 2.24. The van der Waals surface area contributed by atoms with E-state index in [1.807, 2.05) is 30.1 Å². The fourth-order valence-corrected chi connectivity index (χ4v) is 3.33. The molecule has 0 aliphatic carbocycles. The first-order valence-corrected chi connectivity index (χ1v) is 9.12. The van der Waals surface area contributed by atoms with E-state index >= 15 is 0 Å². The van der Waals surface area contributed by atoms with Crippen LogP contribution < -0.4 is 10.2 Å². The molecule has 1 aliphatic rings. The van der Waals surface area contributed by atoms with Gasteiger partial charge in [-0.3, -0.25) is 4.79 Å². The molecule has 2 aromatic heterocycles. The molecular formula is C20H22N6O. The molecule has 3 aromatic rings. The number of amides is 1. The maximum absolute atomic E-state index is 12.4. The zero-order valence-corrected chi connectivity index (χ0v) is 15.3. The molecule has 7 nitrogen and oxygen atoms in total. The zero-order valence-electron chi connectivity index (χ0n) is 15.3. The van der Waals surface area contributed by atoms with Gasteiger partial charge in [0.2, 0.25) is 0 Å². The third kappa shape index (κ3) is 3.81. The van der Waals surface area contributed by atoms with Crippen molar-refractivity contribution in [2.24, 2.45) is 0 Å². The lowest BCUT2D eigenvalue weighted by Gasteiger charge is -2.25. The number of nitrogens with zero attached hydrogens (tertiary/aromatic N) is 4. The van der Waals surface area contributed by atoms with E-state index in [2.05, 4.69) is 32.4 Å². The molecule has 138 valence electrons. The van der Waals surface area contributed by atoms with Gasteiger partial charge in [-0.15, -0.1) is 0 Å². The number of aromatic amines is 1. The van der Waals surface area contributed by atoms with E-state index in [9.17, 15) is 4.79 Å². The first-order chi connectivity index (χ1) is 13.2. The Labute approximate surface area is 157 Å². The second kappa shape index (κ2) is 7.57. The first kappa shape index (κ1) is 17.2. The van der Waals surface area contributed by atoms with Crippen molar-refractivity contribution >= 4 is 11.7 Å². The van der Waals surface area contributed by atoms with E-state index < -0.39 is 0 Å². The predicted molar refractivity (Wildman–Crippen MR) is 103 cm³/mol. The first-order valence-electron chi connectivity index (χ1n) is 9.12. The highest BCUT2D eigenvalue weighted by molar-refractivity contribution is 5.96. The van der Waals surface area contributed by atoms with Crippen molar-refractivity contribution in [3.63, 3.8) is 0 Å². The Morgan fingerprint density at radius 1 is 1.15 bits per heavy atom. The molecule has 0 bridgehead atoms. The minimum Gasteiger partial charge on any atom is -0.352 e. The van der Waals surface area contributed by atoms with Gasteiger partial charge < -0.3 is 15.2 Å². The van der Waals surface area contributed by atoms with Crippen LogP contribution in [0.25, 0.3) is 0 Å². The lowest BCUT2D eigenvalue weighted by atomic mass is 10.0. The molecule has 0 saturated heterocycles. The molecule has 0 saturated carbocycles. The van der Waals surface area contributed by atoms with Gasteiger partial charge in [0.1, 0.15) is 23.2 Å². The van der Waals surface area contributed by atoms with E-state index in [0.717, 1.165) is 30.0 Å². The third-order valence-electron chi connectivity index (χ3n) is 4.69. The molecule has 7 heteroatoms. The smallest absolute Gasteiger partial charge is 0.270 e. The summed E-state index contributed by atoms with van der Waals surface area (Å²) in [6.45, 7) is 1.20. The van der Waals surface area contributed by atoms with Crippen LogP contribution in [0.1, 0.15) is 33.3 Å². The van der Waals surface area contributed by atoms with Crippen molar-refractivity contribution in [3.05, 3.63) is 71.2 Å². The van der Waals surface area contributed by atoms with Crippen molar-refractivity contribution in [2.45, 2.75) is 25.8 Å². The van der Waals surface area contributed by atoms with E-state index in [0.29, 0.717) is 31.0 Å². The minimum atomic E-state index is -0.118. The highest BCUT2D eigenvalue weighted by Crippen LogP contribution is 2.24. The molecule has 2 N–H and O–H groups in total. The van der Waals surface area contributed by atoms with Gasteiger partial charge >= 0.3 is 0 Å². The number of imidazole rings is 1. The van der Waals surface area contributed by atoms with Crippen LogP contribution in [0.3, 0.4) is 0 Å².